The lowest BCUT2D eigenvalue weighted by atomic mass is 10.3. The fraction of sp³-hybridized carbons (Fsp3) is 0.462. The Morgan fingerprint density at radius 2 is 2.00 bits per heavy atom. The Morgan fingerprint density at radius 3 is 2.48 bits per heavy atom. The van der Waals surface area contributed by atoms with Gasteiger partial charge < -0.3 is 15.2 Å². The second-order valence-corrected chi connectivity index (χ2v) is 6.08. The van der Waals surface area contributed by atoms with E-state index in [9.17, 15) is 13.2 Å². The molecule has 0 amide bonds. The molecule has 0 aliphatic rings. The molecule has 0 fully saturated rings. The van der Waals surface area contributed by atoms with Crippen LogP contribution in [0.1, 0.15) is 13.8 Å². The third-order valence-electron chi connectivity index (χ3n) is 2.80. The minimum Gasteiger partial charge on any atom is -0.495 e. The number of nitrogen functional groups attached to an aromatic ring is 1. The van der Waals surface area contributed by atoms with E-state index in [4.69, 9.17) is 15.2 Å². The van der Waals surface area contributed by atoms with Gasteiger partial charge in [-0.05, 0) is 25.1 Å². The average molecular weight is 316 g/mol. The number of carbonyl (C=O) groups excluding carboxylic acids is 1. The highest BCUT2D eigenvalue weighted by Crippen LogP contribution is 2.26. The second-order valence-electron chi connectivity index (χ2n) is 4.14. The number of hydrogen-bond donors (Lipinski definition) is 1. The summed E-state index contributed by atoms with van der Waals surface area (Å²) >= 11 is 0. The van der Waals surface area contributed by atoms with Gasteiger partial charge in [-0.25, -0.2) is 8.42 Å². The van der Waals surface area contributed by atoms with Crippen LogP contribution in [0.15, 0.2) is 23.1 Å². The molecule has 1 rings (SSSR count). The van der Waals surface area contributed by atoms with Crippen molar-refractivity contribution in [1.29, 1.82) is 0 Å². The maximum atomic E-state index is 12.5. The summed E-state index contributed by atoms with van der Waals surface area (Å²) in [5.41, 5.74) is 5.93. The molecule has 0 heterocycles. The van der Waals surface area contributed by atoms with E-state index in [1.165, 1.54) is 25.3 Å². The van der Waals surface area contributed by atoms with E-state index in [0.29, 0.717) is 5.75 Å². The summed E-state index contributed by atoms with van der Waals surface area (Å²) < 4.78 is 35.8. The molecule has 0 aromatic heterocycles. The summed E-state index contributed by atoms with van der Waals surface area (Å²) in [6.45, 7) is 3.31. The lowest BCUT2D eigenvalue weighted by Crippen LogP contribution is -2.36. The van der Waals surface area contributed by atoms with Crippen LogP contribution in [0, 0.1) is 0 Å². The zero-order valence-electron chi connectivity index (χ0n) is 12.3. The quantitative estimate of drug-likeness (QED) is 0.591. The van der Waals surface area contributed by atoms with Gasteiger partial charge in [0.25, 0.3) is 0 Å². The molecular weight excluding hydrogens is 296 g/mol. The van der Waals surface area contributed by atoms with Crippen molar-refractivity contribution in [2.24, 2.45) is 0 Å². The second kappa shape index (κ2) is 7.28. The first-order valence-electron chi connectivity index (χ1n) is 6.46. The first kappa shape index (κ1) is 17.3. The lowest BCUT2D eigenvalue weighted by molar-refractivity contribution is -0.143. The maximum absolute atomic E-state index is 12.5. The Hall–Kier alpha value is -1.80. The number of methoxy groups -OCH3 is 1. The van der Waals surface area contributed by atoms with Crippen molar-refractivity contribution in [1.82, 2.24) is 4.31 Å². The van der Waals surface area contributed by atoms with E-state index in [1.807, 2.05) is 0 Å². The Labute approximate surface area is 124 Å². The van der Waals surface area contributed by atoms with Crippen LogP contribution in [-0.4, -0.2) is 45.5 Å². The van der Waals surface area contributed by atoms with E-state index in [2.05, 4.69) is 0 Å². The van der Waals surface area contributed by atoms with Crippen molar-refractivity contribution in [3.05, 3.63) is 18.2 Å². The molecule has 1 aromatic rings. The number of nitrogens with two attached hydrogens (primary N) is 1. The SMILES string of the molecule is CCOC(=O)CN(CC)S(=O)(=O)c1ccc(OC)c(N)c1. The van der Waals surface area contributed by atoms with Crippen LogP contribution in [0.3, 0.4) is 0 Å². The number of esters is 1. The minimum atomic E-state index is -3.82. The summed E-state index contributed by atoms with van der Waals surface area (Å²) in [5, 5.41) is 0. The maximum Gasteiger partial charge on any atom is 0.321 e. The Morgan fingerprint density at radius 1 is 1.33 bits per heavy atom. The van der Waals surface area contributed by atoms with Crippen LogP contribution in [0.4, 0.5) is 5.69 Å². The smallest absolute Gasteiger partial charge is 0.321 e. The summed E-state index contributed by atoms with van der Waals surface area (Å²) in [7, 11) is -2.37. The molecule has 0 aliphatic heterocycles. The number of ether oxygens (including phenoxy) is 2. The number of anilines is 1. The number of benzene rings is 1. The minimum absolute atomic E-state index is 0.00643. The molecule has 0 spiro atoms. The highest BCUT2D eigenvalue weighted by Gasteiger charge is 2.26. The summed E-state index contributed by atoms with van der Waals surface area (Å²) in [4.78, 5) is 11.5. The van der Waals surface area contributed by atoms with Gasteiger partial charge in [0.15, 0.2) is 0 Å². The predicted molar refractivity (Wildman–Crippen MR) is 78.5 cm³/mol. The van der Waals surface area contributed by atoms with Gasteiger partial charge in [0.1, 0.15) is 12.3 Å². The molecule has 0 radical (unpaired) electrons. The normalized spacial score (nSPS) is 11.4. The van der Waals surface area contributed by atoms with Crippen LogP contribution in [0.2, 0.25) is 0 Å². The van der Waals surface area contributed by atoms with Gasteiger partial charge in [-0.15, -0.1) is 0 Å². The molecule has 7 nitrogen and oxygen atoms in total. The van der Waals surface area contributed by atoms with Gasteiger partial charge >= 0.3 is 5.97 Å². The molecule has 21 heavy (non-hydrogen) atoms. The van der Waals surface area contributed by atoms with Gasteiger partial charge in [-0.2, -0.15) is 4.31 Å². The van der Waals surface area contributed by atoms with Crippen LogP contribution in [-0.2, 0) is 19.6 Å². The number of sulfonamides is 1. The third-order valence-corrected chi connectivity index (χ3v) is 4.72. The van der Waals surface area contributed by atoms with E-state index in [1.54, 1.807) is 13.8 Å². The summed E-state index contributed by atoms with van der Waals surface area (Å²) in [6, 6.07) is 4.17. The van der Waals surface area contributed by atoms with E-state index >= 15 is 0 Å². The molecule has 0 unspecified atom stereocenters. The molecule has 0 aliphatic carbocycles. The molecule has 0 atom stereocenters. The van der Waals surface area contributed by atoms with Crippen molar-refractivity contribution in [3.8, 4) is 5.75 Å². The Bertz CT molecular complexity index is 601. The number of hydrogen-bond acceptors (Lipinski definition) is 6. The zero-order valence-corrected chi connectivity index (χ0v) is 13.1. The Balaban J connectivity index is 3.07. The molecule has 0 bridgehead atoms. The van der Waals surface area contributed by atoms with Crippen molar-refractivity contribution in [2.75, 3.05) is 32.5 Å². The van der Waals surface area contributed by atoms with Gasteiger partial charge in [-0.3, -0.25) is 4.79 Å². The fourth-order valence-corrected chi connectivity index (χ4v) is 3.17. The van der Waals surface area contributed by atoms with E-state index in [0.717, 1.165) is 4.31 Å². The highest BCUT2D eigenvalue weighted by molar-refractivity contribution is 7.89. The first-order valence-corrected chi connectivity index (χ1v) is 7.90. The fourth-order valence-electron chi connectivity index (χ4n) is 1.74. The molecule has 118 valence electrons. The third kappa shape index (κ3) is 4.08. The standard InChI is InChI=1S/C13H20N2O5S/c1-4-15(9-13(16)20-5-2)21(17,18)10-6-7-12(19-3)11(14)8-10/h6-8H,4-5,9,14H2,1-3H3. The van der Waals surface area contributed by atoms with Crippen LogP contribution in [0.25, 0.3) is 0 Å². The van der Waals surface area contributed by atoms with E-state index in [-0.39, 0.29) is 30.3 Å². The summed E-state index contributed by atoms with van der Waals surface area (Å²) in [5.74, 6) is -0.202. The largest absolute Gasteiger partial charge is 0.495 e. The highest BCUT2D eigenvalue weighted by atomic mass is 32.2. The van der Waals surface area contributed by atoms with Crippen molar-refractivity contribution in [2.45, 2.75) is 18.7 Å². The predicted octanol–water partition coefficient (Wildman–Crippen LogP) is 0.851. The topological polar surface area (TPSA) is 98.9 Å². The number of likely N-dealkylation sites (N-methyl/N-ethyl adjacent to an activating group) is 1. The molecule has 0 saturated heterocycles. The lowest BCUT2D eigenvalue weighted by Gasteiger charge is -2.20. The number of rotatable bonds is 7. The van der Waals surface area contributed by atoms with E-state index < -0.39 is 16.0 Å². The van der Waals surface area contributed by atoms with Crippen molar-refractivity contribution >= 4 is 21.7 Å². The zero-order chi connectivity index (χ0) is 16.0. The molecule has 1 aromatic carbocycles. The average Bonchev–Trinajstić information content (AvgIpc) is 2.44. The Kier molecular flexibility index (Phi) is 5.98. The molecular formula is C13H20N2O5S. The monoisotopic (exact) mass is 316 g/mol. The van der Waals surface area contributed by atoms with Gasteiger partial charge in [0.05, 0.1) is 24.3 Å². The van der Waals surface area contributed by atoms with Crippen LogP contribution >= 0.6 is 0 Å². The van der Waals surface area contributed by atoms with Crippen LogP contribution in [0.5, 0.6) is 5.75 Å². The number of carbonyl (C=O) groups is 1. The van der Waals surface area contributed by atoms with Gasteiger partial charge in [0.2, 0.25) is 10.0 Å². The summed E-state index contributed by atoms with van der Waals surface area (Å²) in [6.07, 6.45) is 0. The molecule has 0 saturated carbocycles. The molecule has 2 N–H and O–H groups in total. The van der Waals surface area contributed by atoms with Crippen LogP contribution < -0.4 is 10.5 Å². The molecule has 8 heteroatoms. The van der Waals surface area contributed by atoms with Crippen molar-refractivity contribution < 1.29 is 22.7 Å². The van der Waals surface area contributed by atoms with Crippen molar-refractivity contribution in [3.63, 3.8) is 0 Å². The number of nitrogens with zero attached hydrogens (tertiary/aromatic N) is 1. The van der Waals surface area contributed by atoms with Gasteiger partial charge in [0, 0.05) is 6.54 Å². The van der Waals surface area contributed by atoms with Gasteiger partial charge in [-0.1, -0.05) is 6.92 Å². The first-order chi connectivity index (χ1) is 9.86.